The molecule has 2 fully saturated rings. The minimum atomic E-state index is 0.115. The lowest BCUT2D eigenvalue weighted by Crippen LogP contribution is -2.42. The molecule has 1 aromatic rings. The van der Waals surface area contributed by atoms with Crippen LogP contribution in [0.1, 0.15) is 42.7 Å². The molecular weight excluding hydrogens is 256 g/mol. The Morgan fingerprint density at radius 1 is 1.42 bits per heavy atom. The second-order valence-corrected chi connectivity index (χ2v) is 7.05. The van der Waals surface area contributed by atoms with Gasteiger partial charge in [0, 0.05) is 12.8 Å². The number of nitrogens with zero attached hydrogens (tertiary/aromatic N) is 1. The second kappa shape index (κ2) is 5.33. The first-order valence-electron chi connectivity index (χ1n) is 7.12. The fourth-order valence-corrected chi connectivity index (χ4v) is 4.55. The van der Waals surface area contributed by atoms with E-state index in [9.17, 15) is 0 Å². The van der Waals surface area contributed by atoms with Crippen molar-refractivity contribution in [1.29, 1.82) is 0 Å². The van der Waals surface area contributed by atoms with Gasteiger partial charge in [0.2, 0.25) is 0 Å². The molecule has 3 rings (SSSR count). The summed E-state index contributed by atoms with van der Waals surface area (Å²) in [5.41, 5.74) is 8.63. The molecule has 0 amide bonds. The average molecular weight is 278 g/mol. The molecule has 2 N–H and O–H groups in total. The van der Waals surface area contributed by atoms with Gasteiger partial charge in [-0.05, 0) is 61.2 Å². The van der Waals surface area contributed by atoms with Crippen LogP contribution in [0.2, 0.25) is 0 Å². The number of thioether (sulfide) groups is 1. The molecule has 3 heterocycles. The van der Waals surface area contributed by atoms with Crippen LogP contribution in [0.15, 0.2) is 12.3 Å². The van der Waals surface area contributed by atoms with Crippen LogP contribution in [-0.4, -0.2) is 28.7 Å². The summed E-state index contributed by atoms with van der Waals surface area (Å²) in [7, 11) is 0. The average Bonchev–Trinajstić information content (AvgIpc) is 2.42. The van der Waals surface area contributed by atoms with Gasteiger partial charge in [-0.15, -0.1) is 0 Å². The third-order valence-corrected chi connectivity index (χ3v) is 5.41. The highest BCUT2D eigenvalue weighted by molar-refractivity contribution is 7.99. The maximum atomic E-state index is 6.15. The molecule has 4 heteroatoms. The van der Waals surface area contributed by atoms with Crippen molar-refractivity contribution in [2.45, 2.75) is 44.1 Å². The van der Waals surface area contributed by atoms with Crippen LogP contribution in [0.25, 0.3) is 0 Å². The monoisotopic (exact) mass is 278 g/mol. The van der Waals surface area contributed by atoms with Gasteiger partial charge in [0.1, 0.15) is 5.82 Å². The number of aromatic nitrogens is 1. The first-order valence-corrected chi connectivity index (χ1v) is 8.28. The van der Waals surface area contributed by atoms with E-state index in [0.717, 1.165) is 19.4 Å². The van der Waals surface area contributed by atoms with E-state index in [2.05, 4.69) is 18.0 Å². The zero-order valence-electron chi connectivity index (χ0n) is 11.5. The Hall–Kier alpha value is -0.740. The van der Waals surface area contributed by atoms with Gasteiger partial charge in [-0.1, -0.05) is 6.07 Å². The Labute approximate surface area is 119 Å². The van der Waals surface area contributed by atoms with E-state index in [1.54, 1.807) is 0 Å². The number of hydrogen-bond acceptors (Lipinski definition) is 4. The number of anilines is 1. The number of hydrogen-bond donors (Lipinski definition) is 1. The van der Waals surface area contributed by atoms with Crippen LogP contribution in [0, 0.1) is 6.92 Å². The molecule has 1 spiro atoms. The quantitative estimate of drug-likeness (QED) is 0.857. The molecule has 0 saturated carbocycles. The highest BCUT2D eigenvalue weighted by Gasteiger charge is 2.39. The van der Waals surface area contributed by atoms with Gasteiger partial charge in [-0.3, -0.25) is 0 Å². The molecule has 1 aromatic heterocycles. The van der Waals surface area contributed by atoms with Crippen LogP contribution >= 0.6 is 11.8 Å². The number of nitrogen functional groups attached to an aromatic ring is 1. The van der Waals surface area contributed by atoms with Crippen molar-refractivity contribution in [3.05, 3.63) is 23.4 Å². The maximum absolute atomic E-state index is 6.15. The summed E-state index contributed by atoms with van der Waals surface area (Å²) >= 11 is 2.05. The molecule has 2 saturated heterocycles. The summed E-state index contributed by atoms with van der Waals surface area (Å²) < 4.78 is 6.15. The third kappa shape index (κ3) is 2.75. The minimum absolute atomic E-state index is 0.115. The zero-order valence-corrected chi connectivity index (χ0v) is 12.3. The van der Waals surface area contributed by atoms with Gasteiger partial charge in [0.15, 0.2) is 0 Å². The van der Waals surface area contributed by atoms with Gasteiger partial charge in [-0.2, -0.15) is 11.8 Å². The number of pyridine rings is 1. The van der Waals surface area contributed by atoms with E-state index in [1.165, 1.54) is 35.5 Å². The van der Waals surface area contributed by atoms with E-state index in [0.29, 0.717) is 11.7 Å². The Morgan fingerprint density at radius 3 is 3.00 bits per heavy atom. The van der Waals surface area contributed by atoms with Crippen LogP contribution in [0.5, 0.6) is 0 Å². The molecule has 0 radical (unpaired) electrons. The normalized spacial score (nSPS) is 26.5. The van der Waals surface area contributed by atoms with Crippen molar-refractivity contribution in [2.75, 3.05) is 23.8 Å². The summed E-state index contributed by atoms with van der Waals surface area (Å²) in [6.07, 6.45) is 6.42. The van der Waals surface area contributed by atoms with Gasteiger partial charge < -0.3 is 10.5 Å². The van der Waals surface area contributed by atoms with Crippen LogP contribution in [-0.2, 0) is 4.74 Å². The smallest absolute Gasteiger partial charge is 0.126 e. The second-order valence-electron chi connectivity index (χ2n) is 5.82. The lowest BCUT2D eigenvalue weighted by atomic mass is 9.78. The maximum Gasteiger partial charge on any atom is 0.126 e. The van der Waals surface area contributed by atoms with Gasteiger partial charge in [-0.25, -0.2) is 4.98 Å². The molecular formula is C15H22N2OS. The third-order valence-electron chi connectivity index (χ3n) is 4.42. The molecule has 2 aliphatic rings. The molecule has 1 unspecified atom stereocenters. The summed E-state index contributed by atoms with van der Waals surface area (Å²) in [5.74, 6) is 3.69. The first-order chi connectivity index (χ1) is 9.19. The summed E-state index contributed by atoms with van der Waals surface area (Å²) in [4.78, 5) is 4.32. The Morgan fingerprint density at radius 2 is 2.21 bits per heavy atom. The molecule has 19 heavy (non-hydrogen) atoms. The highest BCUT2D eigenvalue weighted by Crippen LogP contribution is 2.44. The molecule has 3 nitrogen and oxygen atoms in total. The van der Waals surface area contributed by atoms with E-state index in [1.807, 2.05) is 18.0 Å². The van der Waals surface area contributed by atoms with Crippen molar-refractivity contribution in [2.24, 2.45) is 0 Å². The van der Waals surface area contributed by atoms with Gasteiger partial charge in [0.25, 0.3) is 0 Å². The Bertz CT molecular complexity index is 452. The lowest BCUT2D eigenvalue weighted by Gasteiger charge is -2.43. The fourth-order valence-electron chi connectivity index (χ4n) is 3.31. The predicted molar refractivity (Wildman–Crippen MR) is 80.6 cm³/mol. The van der Waals surface area contributed by atoms with Gasteiger partial charge in [0.05, 0.1) is 5.60 Å². The van der Waals surface area contributed by atoms with Crippen molar-refractivity contribution in [1.82, 2.24) is 4.98 Å². The number of ether oxygens (including phenoxy) is 1. The lowest BCUT2D eigenvalue weighted by molar-refractivity contribution is -0.0901. The predicted octanol–water partition coefficient (Wildman–Crippen LogP) is 3.13. The van der Waals surface area contributed by atoms with E-state index < -0.39 is 0 Å². The van der Waals surface area contributed by atoms with Gasteiger partial charge >= 0.3 is 0 Å². The zero-order chi connectivity index (χ0) is 13.3. The van der Waals surface area contributed by atoms with Crippen molar-refractivity contribution >= 4 is 17.6 Å². The Kier molecular flexibility index (Phi) is 3.72. The van der Waals surface area contributed by atoms with E-state index in [-0.39, 0.29) is 5.60 Å². The summed E-state index contributed by atoms with van der Waals surface area (Å²) in [6.45, 7) is 2.95. The minimum Gasteiger partial charge on any atom is -0.383 e. The fraction of sp³-hybridized carbons (Fsp3) is 0.667. The van der Waals surface area contributed by atoms with Crippen molar-refractivity contribution < 1.29 is 4.74 Å². The van der Waals surface area contributed by atoms with Crippen LogP contribution in [0.3, 0.4) is 0 Å². The number of nitrogens with two attached hydrogens (primary N) is 1. The first kappa shape index (κ1) is 13.3. The standard InChI is InChI=1S/C15H22N2OS/c1-11-8-13(14(16)17-10-11)12-2-5-18-15(9-12)3-6-19-7-4-15/h8,10,12H,2-7,9H2,1H3,(H2,16,17). The molecule has 0 bridgehead atoms. The SMILES string of the molecule is Cc1cnc(N)c(C2CCOC3(CCSCC3)C2)c1. The molecule has 104 valence electrons. The van der Waals surface area contributed by atoms with Crippen molar-refractivity contribution in [3.63, 3.8) is 0 Å². The molecule has 1 atom stereocenters. The highest BCUT2D eigenvalue weighted by atomic mass is 32.2. The largest absolute Gasteiger partial charge is 0.383 e. The number of rotatable bonds is 1. The molecule has 0 aliphatic carbocycles. The van der Waals surface area contributed by atoms with Crippen LogP contribution < -0.4 is 5.73 Å². The summed E-state index contributed by atoms with van der Waals surface area (Å²) in [6, 6.07) is 2.21. The number of aryl methyl sites for hydroxylation is 1. The van der Waals surface area contributed by atoms with E-state index >= 15 is 0 Å². The van der Waals surface area contributed by atoms with Crippen molar-refractivity contribution in [3.8, 4) is 0 Å². The van der Waals surface area contributed by atoms with E-state index in [4.69, 9.17) is 10.5 Å². The topological polar surface area (TPSA) is 48.1 Å². The van der Waals surface area contributed by atoms with Crippen LogP contribution in [0.4, 0.5) is 5.82 Å². The molecule has 0 aromatic carbocycles. The summed E-state index contributed by atoms with van der Waals surface area (Å²) in [5, 5.41) is 0. The Balaban J connectivity index is 1.82. The molecule has 2 aliphatic heterocycles.